The van der Waals surface area contributed by atoms with Crippen LogP contribution in [0.5, 0.6) is 0 Å². The summed E-state index contributed by atoms with van der Waals surface area (Å²) < 4.78 is 0. The van der Waals surface area contributed by atoms with Crippen LogP contribution in [0.2, 0.25) is 0 Å². The van der Waals surface area contributed by atoms with Gasteiger partial charge in [0.1, 0.15) is 0 Å². The summed E-state index contributed by atoms with van der Waals surface area (Å²) >= 11 is 0. The van der Waals surface area contributed by atoms with Crippen molar-refractivity contribution >= 4 is 32.3 Å². The van der Waals surface area contributed by atoms with Crippen molar-refractivity contribution in [3.8, 4) is 33.4 Å². The highest BCUT2D eigenvalue weighted by molar-refractivity contribution is 6.21. The van der Waals surface area contributed by atoms with Gasteiger partial charge < -0.3 is 0 Å². The minimum absolute atomic E-state index is 0.0142. The first-order valence-corrected chi connectivity index (χ1v) is 14.9. The predicted octanol–water partition coefficient (Wildman–Crippen LogP) is 11.6. The fraction of sp³-hybridized carbons (Fsp3) is 0.122. The van der Waals surface area contributed by atoms with E-state index in [1.54, 1.807) is 0 Å². The first-order valence-electron chi connectivity index (χ1n) is 14.9. The fourth-order valence-corrected chi connectivity index (χ4v) is 7.79. The van der Waals surface area contributed by atoms with Crippen molar-refractivity contribution in [3.05, 3.63) is 145 Å². The Morgan fingerprint density at radius 1 is 0.415 bits per heavy atom. The van der Waals surface area contributed by atoms with Crippen LogP contribution in [0.25, 0.3) is 65.7 Å². The second-order valence-corrected chi connectivity index (χ2v) is 11.5. The van der Waals surface area contributed by atoms with Crippen molar-refractivity contribution in [2.24, 2.45) is 0 Å². The highest BCUT2D eigenvalue weighted by Crippen LogP contribution is 2.56. The summed E-state index contributed by atoms with van der Waals surface area (Å²) in [5, 5.41) is 7.91. The molecule has 7 aromatic carbocycles. The van der Waals surface area contributed by atoms with Crippen LogP contribution in [0, 0.1) is 0 Å². The number of hydrogen-bond donors (Lipinski definition) is 0. The molecule has 0 aliphatic heterocycles. The Kier molecular flexibility index (Phi) is 5.41. The molecular formula is C41H32. The Labute approximate surface area is 241 Å². The van der Waals surface area contributed by atoms with Crippen molar-refractivity contribution in [2.75, 3.05) is 0 Å². The molecule has 7 aromatic rings. The maximum absolute atomic E-state index is 2.54. The lowest BCUT2D eigenvalue weighted by Gasteiger charge is -2.30. The van der Waals surface area contributed by atoms with Gasteiger partial charge in [0.2, 0.25) is 0 Å². The van der Waals surface area contributed by atoms with E-state index in [4.69, 9.17) is 0 Å². The maximum Gasteiger partial charge on any atom is 0.0210 e. The molecule has 0 saturated carbocycles. The van der Waals surface area contributed by atoms with Crippen LogP contribution >= 0.6 is 0 Å². The molecule has 41 heavy (non-hydrogen) atoms. The minimum Gasteiger partial charge on any atom is -0.0642 e. The second-order valence-electron chi connectivity index (χ2n) is 11.5. The highest BCUT2D eigenvalue weighted by Gasteiger charge is 2.41. The molecular weight excluding hydrogens is 492 g/mol. The van der Waals surface area contributed by atoms with Crippen LogP contribution in [0.15, 0.2) is 133 Å². The Morgan fingerprint density at radius 2 is 0.951 bits per heavy atom. The number of benzene rings is 7. The molecule has 0 unspecified atom stereocenters. The van der Waals surface area contributed by atoms with Crippen LogP contribution in [-0.4, -0.2) is 0 Å². The number of hydrogen-bond acceptors (Lipinski definition) is 0. The summed E-state index contributed by atoms with van der Waals surface area (Å²) in [5.41, 5.74) is 11.0. The molecule has 8 rings (SSSR count). The van der Waals surface area contributed by atoms with Crippen LogP contribution in [0.1, 0.15) is 37.8 Å². The Morgan fingerprint density at radius 3 is 1.56 bits per heavy atom. The Bertz CT molecular complexity index is 2050. The van der Waals surface area contributed by atoms with Gasteiger partial charge in [-0.3, -0.25) is 0 Å². The molecule has 1 aliphatic carbocycles. The second kappa shape index (κ2) is 9.18. The lowest BCUT2D eigenvalue weighted by atomic mass is 9.73. The minimum atomic E-state index is 0.0142. The molecule has 0 bridgehead atoms. The van der Waals surface area contributed by atoms with Gasteiger partial charge in [0.05, 0.1) is 0 Å². The summed E-state index contributed by atoms with van der Waals surface area (Å²) in [6.07, 6.45) is 2.17. The van der Waals surface area contributed by atoms with Gasteiger partial charge in [0, 0.05) is 5.41 Å². The van der Waals surface area contributed by atoms with Gasteiger partial charge in [-0.15, -0.1) is 0 Å². The molecule has 0 radical (unpaired) electrons. The summed E-state index contributed by atoms with van der Waals surface area (Å²) in [4.78, 5) is 0. The van der Waals surface area contributed by atoms with Gasteiger partial charge in [0.15, 0.2) is 0 Å². The lowest BCUT2D eigenvalue weighted by molar-refractivity contribution is 0.491. The van der Waals surface area contributed by atoms with Crippen molar-refractivity contribution in [3.63, 3.8) is 0 Å². The molecule has 0 amide bonds. The van der Waals surface area contributed by atoms with Gasteiger partial charge in [-0.1, -0.05) is 141 Å². The molecule has 0 nitrogen and oxygen atoms in total. The topological polar surface area (TPSA) is 0 Å². The highest BCUT2D eigenvalue weighted by atomic mass is 14.4. The normalized spacial score (nSPS) is 13.5. The summed E-state index contributed by atoms with van der Waals surface area (Å²) in [6, 6.07) is 49.7. The third-order valence-corrected chi connectivity index (χ3v) is 9.74. The third-order valence-electron chi connectivity index (χ3n) is 9.74. The average Bonchev–Trinajstić information content (AvgIpc) is 3.33. The van der Waals surface area contributed by atoms with Crippen LogP contribution in [0.3, 0.4) is 0 Å². The zero-order valence-corrected chi connectivity index (χ0v) is 23.6. The summed E-state index contributed by atoms with van der Waals surface area (Å²) in [5.74, 6) is 0. The van der Waals surface area contributed by atoms with Crippen LogP contribution in [-0.2, 0) is 5.41 Å². The van der Waals surface area contributed by atoms with E-state index < -0.39 is 0 Å². The zero-order chi connectivity index (χ0) is 27.6. The number of fused-ring (bicyclic) bond motifs is 7. The molecule has 1 aliphatic rings. The first kappa shape index (κ1) is 24.1. The van der Waals surface area contributed by atoms with Crippen molar-refractivity contribution in [1.29, 1.82) is 0 Å². The van der Waals surface area contributed by atoms with Crippen molar-refractivity contribution in [2.45, 2.75) is 32.1 Å². The molecule has 0 N–H and O–H groups in total. The first-order chi connectivity index (χ1) is 20.2. The predicted molar refractivity (Wildman–Crippen MR) is 177 cm³/mol. The van der Waals surface area contributed by atoms with Gasteiger partial charge in [-0.05, 0) is 95.7 Å². The maximum atomic E-state index is 2.54. The lowest BCUT2D eigenvalue weighted by Crippen LogP contribution is -2.23. The third kappa shape index (κ3) is 3.34. The van der Waals surface area contributed by atoms with Crippen LogP contribution in [0.4, 0.5) is 0 Å². The Hall–Kier alpha value is -4.68. The smallest absolute Gasteiger partial charge is 0.0210 e. The standard InChI is InChI=1S/C41H32/c1-3-41(4-2)36-25-23-27-14-8-9-17-30(27)40(36)35-24-22-29(26-37(35)41)39-33-20-12-10-18-31(33)38(28-15-6-5-7-16-28)32-19-11-13-21-34(32)39/h5-26H,3-4H2,1-2H3. The van der Waals surface area contributed by atoms with Crippen molar-refractivity contribution in [1.82, 2.24) is 0 Å². The molecule has 0 spiro atoms. The molecule has 0 saturated heterocycles. The zero-order valence-electron chi connectivity index (χ0n) is 23.6. The fourth-order valence-electron chi connectivity index (χ4n) is 7.79. The number of rotatable bonds is 4. The largest absolute Gasteiger partial charge is 0.0642 e. The van der Waals surface area contributed by atoms with E-state index >= 15 is 0 Å². The van der Waals surface area contributed by atoms with E-state index in [0.29, 0.717) is 0 Å². The average molecular weight is 525 g/mol. The van der Waals surface area contributed by atoms with E-state index in [-0.39, 0.29) is 5.41 Å². The van der Waals surface area contributed by atoms with E-state index in [1.165, 1.54) is 76.8 Å². The van der Waals surface area contributed by atoms with E-state index in [9.17, 15) is 0 Å². The van der Waals surface area contributed by atoms with Gasteiger partial charge in [0.25, 0.3) is 0 Å². The van der Waals surface area contributed by atoms with Crippen LogP contribution < -0.4 is 0 Å². The molecule has 196 valence electrons. The quantitative estimate of drug-likeness (QED) is 0.201. The van der Waals surface area contributed by atoms with E-state index in [0.717, 1.165) is 12.8 Å². The van der Waals surface area contributed by atoms with Crippen molar-refractivity contribution < 1.29 is 0 Å². The van der Waals surface area contributed by atoms with Gasteiger partial charge >= 0.3 is 0 Å². The Balaban J connectivity index is 1.46. The SMILES string of the molecule is CCC1(CC)c2cc(-c3c4ccccc4c(-c4ccccc4)c4ccccc34)ccc2-c2c1ccc1ccccc21. The van der Waals surface area contributed by atoms with E-state index in [2.05, 4.69) is 147 Å². The molecule has 0 aromatic heterocycles. The van der Waals surface area contributed by atoms with E-state index in [1.807, 2.05) is 0 Å². The monoisotopic (exact) mass is 524 g/mol. The van der Waals surface area contributed by atoms with Gasteiger partial charge in [-0.25, -0.2) is 0 Å². The van der Waals surface area contributed by atoms with Gasteiger partial charge in [-0.2, -0.15) is 0 Å². The molecule has 0 fully saturated rings. The summed E-state index contributed by atoms with van der Waals surface area (Å²) in [7, 11) is 0. The molecule has 0 heterocycles. The molecule has 0 heteroatoms. The molecule has 0 atom stereocenters. The summed E-state index contributed by atoms with van der Waals surface area (Å²) in [6.45, 7) is 4.73.